The van der Waals surface area contributed by atoms with Gasteiger partial charge in [-0.15, -0.1) is 0 Å². The molecule has 0 aliphatic rings. The first kappa shape index (κ1) is 17.9. The summed E-state index contributed by atoms with van der Waals surface area (Å²) in [7, 11) is 0. The minimum Gasteiger partial charge on any atom is -0.326 e. The van der Waals surface area contributed by atoms with E-state index in [0.29, 0.717) is 11.4 Å². The van der Waals surface area contributed by atoms with Crippen molar-refractivity contribution in [3.63, 3.8) is 0 Å². The van der Waals surface area contributed by atoms with Crippen molar-refractivity contribution >= 4 is 39.1 Å². The maximum Gasteiger partial charge on any atom is 0.250 e. The first-order valence-corrected chi connectivity index (χ1v) is 8.18. The number of carbonyl (C=O) groups excluding carboxylic acids is 2. The summed E-state index contributed by atoms with van der Waals surface area (Å²) in [6, 6.07) is 8.40. The highest BCUT2D eigenvalue weighted by atomic mass is 79.9. The summed E-state index contributed by atoms with van der Waals surface area (Å²) < 4.78 is 2.25. The van der Waals surface area contributed by atoms with Gasteiger partial charge in [0.1, 0.15) is 0 Å². The third-order valence-corrected chi connectivity index (χ3v) is 3.83. The van der Waals surface area contributed by atoms with Crippen LogP contribution in [-0.4, -0.2) is 16.4 Å². The molecular formula is C17H18BrN3O3. The minimum atomic E-state index is -0.209. The molecule has 0 saturated carbocycles. The number of benzene rings is 1. The van der Waals surface area contributed by atoms with Crippen molar-refractivity contribution < 1.29 is 9.59 Å². The Hall–Kier alpha value is -2.41. The van der Waals surface area contributed by atoms with Gasteiger partial charge in [-0.25, -0.2) is 0 Å². The molecule has 0 bridgehead atoms. The van der Waals surface area contributed by atoms with Crippen molar-refractivity contribution in [1.29, 1.82) is 0 Å². The van der Waals surface area contributed by atoms with Crippen LogP contribution in [0, 0.1) is 6.92 Å². The molecular weight excluding hydrogens is 374 g/mol. The highest BCUT2D eigenvalue weighted by Crippen LogP contribution is 2.20. The standard InChI is InChI=1S/C17H18BrN3O3/c1-11-3-5-14(9-15(11)19-12(2)22)20-16(23)7-8-21-10-13(18)4-6-17(21)24/h3-6,9-10H,7-8H2,1-2H3,(H,19,22)(H,20,23). The molecule has 7 heteroatoms. The lowest BCUT2D eigenvalue weighted by molar-refractivity contribution is -0.116. The van der Waals surface area contributed by atoms with Gasteiger partial charge in [-0.05, 0) is 46.6 Å². The van der Waals surface area contributed by atoms with Crippen LogP contribution in [0.25, 0.3) is 0 Å². The van der Waals surface area contributed by atoms with E-state index < -0.39 is 0 Å². The summed E-state index contributed by atoms with van der Waals surface area (Å²) in [6.07, 6.45) is 1.82. The van der Waals surface area contributed by atoms with Gasteiger partial charge >= 0.3 is 0 Å². The Morgan fingerprint density at radius 2 is 1.92 bits per heavy atom. The number of amides is 2. The van der Waals surface area contributed by atoms with Crippen molar-refractivity contribution in [2.45, 2.75) is 26.8 Å². The molecule has 0 spiro atoms. The van der Waals surface area contributed by atoms with Crippen LogP contribution < -0.4 is 16.2 Å². The highest BCUT2D eigenvalue weighted by molar-refractivity contribution is 9.10. The van der Waals surface area contributed by atoms with E-state index in [1.54, 1.807) is 24.4 Å². The van der Waals surface area contributed by atoms with Gasteiger partial charge in [0.25, 0.3) is 5.56 Å². The number of nitrogens with one attached hydrogen (secondary N) is 2. The van der Waals surface area contributed by atoms with Gasteiger partial charge in [0.2, 0.25) is 11.8 Å². The molecule has 24 heavy (non-hydrogen) atoms. The maximum absolute atomic E-state index is 12.1. The number of anilines is 2. The zero-order valence-corrected chi connectivity index (χ0v) is 15.0. The van der Waals surface area contributed by atoms with E-state index in [9.17, 15) is 14.4 Å². The predicted molar refractivity (Wildman–Crippen MR) is 97.1 cm³/mol. The summed E-state index contributed by atoms with van der Waals surface area (Å²) in [4.78, 5) is 35.0. The molecule has 0 aliphatic carbocycles. The number of nitrogens with zero attached hydrogens (tertiary/aromatic N) is 1. The molecule has 0 saturated heterocycles. The Labute approximate surface area is 148 Å². The van der Waals surface area contributed by atoms with Crippen molar-refractivity contribution in [2.24, 2.45) is 0 Å². The second-order valence-electron chi connectivity index (χ2n) is 5.39. The molecule has 2 rings (SSSR count). The quantitative estimate of drug-likeness (QED) is 0.821. The maximum atomic E-state index is 12.1. The third-order valence-electron chi connectivity index (χ3n) is 3.36. The van der Waals surface area contributed by atoms with Crippen LogP contribution in [0.1, 0.15) is 18.9 Å². The fourth-order valence-corrected chi connectivity index (χ4v) is 2.53. The predicted octanol–water partition coefficient (Wildman–Crippen LogP) is 2.91. The van der Waals surface area contributed by atoms with Crippen molar-refractivity contribution in [3.05, 3.63) is 56.9 Å². The first-order chi connectivity index (χ1) is 11.3. The summed E-state index contributed by atoms with van der Waals surface area (Å²) in [5, 5.41) is 5.49. The number of pyridine rings is 1. The summed E-state index contributed by atoms with van der Waals surface area (Å²) >= 11 is 3.30. The average Bonchev–Trinajstić information content (AvgIpc) is 2.51. The molecule has 0 aliphatic heterocycles. The lowest BCUT2D eigenvalue weighted by Gasteiger charge is -2.11. The van der Waals surface area contributed by atoms with Gasteiger partial charge in [0.15, 0.2) is 0 Å². The number of aryl methyl sites for hydroxylation is 2. The monoisotopic (exact) mass is 391 g/mol. The van der Waals surface area contributed by atoms with E-state index in [4.69, 9.17) is 0 Å². The van der Waals surface area contributed by atoms with Gasteiger partial charge in [0.05, 0.1) is 0 Å². The molecule has 1 aromatic carbocycles. The zero-order chi connectivity index (χ0) is 17.7. The second-order valence-corrected chi connectivity index (χ2v) is 6.30. The third kappa shape index (κ3) is 5.06. The molecule has 0 fully saturated rings. The van der Waals surface area contributed by atoms with Crippen molar-refractivity contribution in [2.75, 3.05) is 10.6 Å². The van der Waals surface area contributed by atoms with Gasteiger partial charge in [-0.3, -0.25) is 14.4 Å². The molecule has 126 valence electrons. The molecule has 0 atom stereocenters. The Morgan fingerprint density at radius 1 is 1.17 bits per heavy atom. The Morgan fingerprint density at radius 3 is 2.62 bits per heavy atom. The van der Waals surface area contributed by atoms with E-state index >= 15 is 0 Å². The molecule has 0 unspecified atom stereocenters. The van der Waals surface area contributed by atoms with Crippen LogP contribution in [0.5, 0.6) is 0 Å². The molecule has 1 aromatic heterocycles. The molecule has 0 radical (unpaired) electrons. The highest BCUT2D eigenvalue weighted by Gasteiger charge is 2.07. The van der Waals surface area contributed by atoms with E-state index in [-0.39, 0.29) is 30.3 Å². The molecule has 6 nitrogen and oxygen atoms in total. The van der Waals surface area contributed by atoms with Gasteiger partial charge < -0.3 is 15.2 Å². The molecule has 2 aromatic rings. The van der Waals surface area contributed by atoms with Crippen molar-refractivity contribution in [3.8, 4) is 0 Å². The van der Waals surface area contributed by atoms with Crippen LogP contribution >= 0.6 is 15.9 Å². The zero-order valence-electron chi connectivity index (χ0n) is 13.4. The van der Waals surface area contributed by atoms with Crippen LogP contribution in [0.2, 0.25) is 0 Å². The largest absolute Gasteiger partial charge is 0.326 e. The number of aromatic nitrogens is 1. The Balaban J connectivity index is 2.01. The summed E-state index contributed by atoms with van der Waals surface area (Å²) in [5.41, 5.74) is 2.00. The van der Waals surface area contributed by atoms with Gasteiger partial charge in [-0.1, -0.05) is 6.07 Å². The summed E-state index contributed by atoms with van der Waals surface area (Å²) in [6.45, 7) is 3.59. The van der Waals surface area contributed by atoms with Gasteiger partial charge in [0, 0.05) is 48.0 Å². The fourth-order valence-electron chi connectivity index (χ4n) is 2.15. The number of halogens is 1. The van der Waals surface area contributed by atoms with Crippen LogP contribution in [-0.2, 0) is 16.1 Å². The van der Waals surface area contributed by atoms with Gasteiger partial charge in [-0.2, -0.15) is 0 Å². The number of rotatable bonds is 5. The lowest BCUT2D eigenvalue weighted by Crippen LogP contribution is -2.22. The summed E-state index contributed by atoms with van der Waals surface area (Å²) in [5.74, 6) is -0.380. The smallest absolute Gasteiger partial charge is 0.250 e. The number of hydrogen-bond donors (Lipinski definition) is 2. The second kappa shape index (κ2) is 7.92. The van der Waals surface area contributed by atoms with Crippen LogP contribution in [0.3, 0.4) is 0 Å². The van der Waals surface area contributed by atoms with Crippen LogP contribution in [0.4, 0.5) is 11.4 Å². The number of hydrogen-bond acceptors (Lipinski definition) is 3. The SMILES string of the molecule is CC(=O)Nc1cc(NC(=O)CCn2cc(Br)ccc2=O)ccc1C. The number of carbonyl (C=O) groups is 2. The van der Waals surface area contributed by atoms with E-state index in [1.165, 1.54) is 17.6 Å². The Bertz CT molecular complexity index is 830. The van der Waals surface area contributed by atoms with E-state index in [0.717, 1.165) is 10.0 Å². The van der Waals surface area contributed by atoms with E-state index in [1.807, 2.05) is 13.0 Å². The van der Waals surface area contributed by atoms with Crippen molar-refractivity contribution in [1.82, 2.24) is 4.57 Å². The lowest BCUT2D eigenvalue weighted by atomic mass is 10.1. The minimum absolute atomic E-state index is 0.158. The fraction of sp³-hybridized carbons (Fsp3) is 0.235. The first-order valence-electron chi connectivity index (χ1n) is 7.39. The Kier molecular flexibility index (Phi) is 5.92. The molecule has 1 heterocycles. The molecule has 2 N–H and O–H groups in total. The molecule has 2 amide bonds. The average molecular weight is 392 g/mol. The van der Waals surface area contributed by atoms with E-state index in [2.05, 4.69) is 26.6 Å². The normalized spacial score (nSPS) is 10.3. The topological polar surface area (TPSA) is 80.2 Å². The van der Waals surface area contributed by atoms with Crippen LogP contribution in [0.15, 0.2) is 45.8 Å².